The first kappa shape index (κ1) is 7.27. The number of carbonyl (C=O) groups excluding carboxylic acids is 1. The van der Waals surface area contributed by atoms with Gasteiger partial charge in [-0.1, -0.05) is 13.8 Å². The van der Waals surface area contributed by atoms with Gasteiger partial charge in [-0.05, 0) is 12.8 Å². The van der Waals surface area contributed by atoms with Gasteiger partial charge in [0, 0.05) is 5.41 Å². The van der Waals surface area contributed by atoms with Crippen molar-refractivity contribution in [1.82, 2.24) is 0 Å². The smallest absolute Gasteiger partial charge is 0.155 e. The maximum absolute atomic E-state index is 11.2. The monoisotopic (exact) mass is 137 g/mol. The fourth-order valence-corrected chi connectivity index (χ4v) is 1.35. The zero-order valence-corrected chi connectivity index (χ0v) is 6.35. The van der Waals surface area contributed by atoms with E-state index >= 15 is 0 Å². The summed E-state index contributed by atoms with van der Waals surface area (Å²) in [5.74, 6) is -0.204. The fourth-order valence-electron chi connectivity index (χ4n) is 1.35. The summed E-state index contributed by atoms with van der Waals surface area (Å²) in [5, 5.41) is 8.50. The molecule has 0 saturated heterocycles. The maximum atomic E-state index is 11.2. The first-order valence-electron chi connectivity index (χ1n) is 3.52. The van der Waals surface area contributed by atoms with Crippen LogP contribution < -0.4 is 0 Å². The molecule has 0 spiro atoms. The molecular formula is C8H11NO. The van der Waals surface area contributed by atoms with Crippen LogP contribution in [0.2, 0.25) is 0 Å². The molecule has 0 amide bonds. The van der Waals surface area contributed by atoms with Gasteiger partial charge in [-0.15, -0.1) is 0 Å². The number of carbonyl (C=O) groups is 1. The van der Waals surface area contributed by atoms with Crippen LogP contribution in [0.15, 0.2) is 0 Å². The Kier molecular flexibility index (Phi) is 1.52. The molecule has 0 unspecified atom stereocenters. The Morgan fingerprint density at radius 2 is 2.30 bits per heavy atom. The Morgan fingerprint density at radius 1 is 1.70 bits per heavy atom. The summed E-state index contributed by atoms with van der Waals surface area (Å²) in [6.45, 7) is 3.82. The topological polar surface area (TPSA) is 40.9 Å². The minimum Gasteiger partial charge on any atom is -0.298 e. The Morgan fingerprint density at radius 3 is 2.50 bits per heavy atom. The quantitative estimate of drug-likeness (QED) is 0.507. The fraction of sp³-hybridized carbons (Fsp3) is 0.750. The highest BCUT2D eigenvalue weighted by Gasteiger charge is 2.40. The summed E-state index contributed by atoms with van der Waals surface area (Å²) in [6, 6.07) is 2.02. The molecular weight excluding hydrogens is 126 g/mol. The molecule has 0 heterocycles. The second kappa shape index (κ2) is 2.09. The number of ketones is 1. The van der Waals surface area contributed by atoms with Gasteiger partial charge in [0.05, 0.1) is 6.07 Å². The van der Waals surface area contributed by atoms with Crippen LogP contribution in [0.3, 0.4) is 0 Å². The second-order valence-electron chi connectivity index (χ2n) is 3.47. The van der Waals surface area contributed by atoms with Gasteiger partial charge in [0.2, 0.25) is 0 Å². The molecule has 1 aliphatic carbocycles. The molecule has 1 atom stereocenters. The molecule has 2 heteroatoms. The zero-order valence-electron chi connectivity index (χ0n) is 6.35. The highest BCUT2D eigenvalue weighted by Crippen LogP contribution is 2.36. The Balaban J connectivity index is 2.80. The van der Waals surface area contributed by atoms with Gasteiger partial charge in [0.25, 0.3) is 0 Å². The van der Waals surface area contributed by atoms with Crippen LogP contribution in [0.1, 0.15) is 26.7 Å². The van der Waals surface area contributed by atoms with Gasteiger partial charge in [0.15, 0.2) is 5.78 Å². The van der Waals surface area contributed by atoms with E-state index in [2.05, 4.69) is 0 Å². The van der Waals surface area contributed by atoms with E-state index in [4.69, 9.17) is 5.26 Å². The van der Waals surface area contributed by atoms with E-state index in [0.717, 1.165) is 12.8 Å². The van der Waals surface area contributed by atoms with E-state index < -0.39 is 0 Å². The molecule has 0 bridgehead atoms. The van der Waals surface area contributed by atoms with Crippen molar-refractivity contribution >= 4 is 5.78 Å². The van der Waals surface area contributed by atoms with Crippen molar-refractivity contribution < 1.29 is 4.79 Å². The third kappa shape index (κ3) is 0.923. The summed E-state index contributed by atoms with van der Waals surface area (Å²) >= 11 is 0. The van der Waals surface area contributed by atoms with E-state index in [9.17, 15) is 4.79 Å². The van der Waals surface area contributed by atoms with Crippen molar-refractivity contribution in [3.63, 3.8) is 0 Å². The number of hydrogen-bond acceptors (Lipinski definition) is 2. The minimum atomic E-state index is -0.324. The van der Waals surface area contributed by atoms with E-state index in [1.807, 2.05) is 19.9 Å². The Labute approximate surface area is 60.8 Å². The highest BCUT2D eigenvalue weighted by molar-refractivity contribution is 5.90. The molecule has 54 valence electrons. The van der Waals surface area contributed by atoms with Crippen LogP contribution in [-0.2, 0) is 4.79 Å². The third-order valence-corrected chi connectivity index (χ3v) is 2.20. The first-order valence-corrected chi connectivity index (χ1v) is 3.52. The maximum Gasteiger partial charge on any atom is 0.155 e. The minimum absolute atomic E-state index is 0.120. The molecule has 0 aromatic rings. The van der Waals surface area contributed by atoms with Crippen LogP contribution in [0.4, 0.5) is 0 Å². The molecule has 1 saturated carbocycles. The predicted molar refractivity (Wildman–Crippen MR) is 37.1 cm³/mol. The molecule has 1 fully saturated rings. The first-order chi connectivity index (χ1) is 4.58. The molecule has 1 aliphatic rings. The van der Waals surface area contributed by atoms with Crippen molar-refractivity contribution in [1.29, 1.82) is 5.26 Å². The van der Waals surface area contributed by atoms with E-state index in [1.54, 1.807) is 0 Å². The second-order valence-corrected chi connectivity index (χ2v) is 3.47. The molecule has 0 N–H and O–H groups in total. The number of Topliss-reactive ketones (excluding diaryl/α,β-unsaturated/α-hetero) is 1. The van der Waals surface area contributed by atoms with Crippen LogP contribution in [0, 0.1) is 22.7 Å². The molecule has 2 nitrogen and oxygen atoms in total. The highest BCUT2D eigenvalue weighted by atomic mass is 16.1. The Bertz CT molecular complexity index is 200. The van der Waals surface area contributed by atoms with Crippen molar-refractivity contribution in [2.45, 2.75) is 26.7 Å². The summed E-state index contributed by atoms with van der Waals surface area (Å²) < 4.78 is 0. The van der Waals surface area contributed by atoms with E-state index in [-0.39, 0.29) is 17.1 Å². The lowest BCUT2D eigenvalue weighted by Gasteiger charge is -2.12. The summed E-state index contributed by atoms with van der Waals surface area (Å²) in [7, 11) is 0. The summed E-state index contributed by atoms with van der Waals surface area (Å²) in [5.41, 5.74) is -0.236. The number of nitrogens with zero attached hydrogens (tertiary/aromatic N) is 1. The molecule has 0 aliphatic heterocycles. The molecule has 0 aromatic carbocycles. The molecule has 10 heavy (non-hydrogen) atoms. The van der Waals surface area contributed by atoms with Crippen molar-refractivity contribution in [2.75, 3.05) is 0 Å². The average molecular weight is 137 g/mol. The van der Waals surface area contributed by atoms with E-state index in [1.165, 1.54) is 0 Å². The lowest BCUT2D eigenvalue weighted by molar-refractivity contribution is -0.126. The van der Waals surface area contributed by atoms with Gasteiger partial charge in [-0.25, -0.2) is 0 Å². The van der Waals surface area contributed by atoms with Crippen molar-refractivity contribution in [2.24, 2.45) is 11.3 Å². The lowest BCUT2D eigenvalue weighted by Crippen LogP contribution is -2.20. The standard InChI is InChI=1S/C8H11NO/c1-8(2)4-3-6(5-9)7(8)10/h6H,3-4H2,1-2H3/t6-/m1/s1. The molecule has 0 radical (unpaired) electrons. The number of nitriles is 1. The van der Waals surface area contributed by atoms with Crippen LogP contribution in [0.5, 0.6) is 0 Å². The Hall–Kier alpha value is -0.840. The lowest BCUT2D eigenvalue weighted by atomic mass is 9.89. The number of rotatable bonds is 0. The third-order valence-electron chi connectivity index (χ3n) is 2.20. The van der Waals surface area contributed by atoms with Gasteiger partial charge >= 0.3 is 0 Å². The van der Waals surface area contributed by atoms with E-state index in [0.29, 0.717) is 0 Å². The summed E-state index contributed by atoms with van der Waals surface area (Å²) in [6.07, 6.45) is 1.62. The SMILES string of the molecule is CC1(C)CC[C@H](C#N)C1=O. The van der Waals surface area contributed by atoms with Crippen LogP contribution in [0.25, 0.3) is 0 Å². The number of hydrogen-bond donors (Lipinski definition) is 0. The molecule has 1 rings (SSSR count). The largest absolute Gasteiger partial charge is 0.298 e. The average Bonchev–Trinajstić information content (AvgIpc) is 2.10. The zero-order chi connectivity index (χ0) is 7.78. The normalized spacial score (nSPS) is 30.1. The van der Waals surface area contributed by atoms with Crippen molar-refractivity contribution in [3.05, 3.63) is 0 Å². The summed E-state index contributed by atoms with van der Waals surface area (Å²) in [4.78, 5) is 11.2. The van der Waals surface area contributed by atoms with Crippen LogP contribution in [-0.4, -0.2) is 5.78 Å². The molecule has 0 aromatic heterocycles. The van der Waals surface area contributed by atoms with Gasteiger partial charge in [-0.3, -0.25) is 4.79 Å². The predicted octanol–water partition coefficient (Wildman–Crippen LogP) is 1.52. The van der Waals surface area contributed by atoms with Gasteiger partial charge < -0.3 is 0 Å². The van der Waals surface area contributed by atoms with Gasteiger partial charge in [0.1, 0.15) is 5.92 Å². The van der Waals surface area contributed by atoms with Gasteiger partial charge in [-0.2, -0.15) is 5.26 Å². The van der Waals surface area contributed by atoms with Crippen LogP contribution >= 0.6 is 0 Å². The van der Waals surface area contributed by atoms with Crippen molar-refractivity contribution in [3.8, 4) is 6.07 Å².